The highest BCUT2D eigenvalue weighted by Gasteiger charge is 2.45. The van der Waals surface area contributed by atoms with Crippen LogP contribution in [0, 0.1) is 11.8 Å². The fraction of sp³-hybridized carbons (Fsp3) is 0.800. The van der Waals surface area contributed by atoms with Crippen molar-refractivity contribution in [2.24, 2.45) is 11.8 Å². The zero-order valence-electron chi connectivity index (χ0n) is 31.9. The van der Waals surface area contributed by atoms with Crippen molar-refractivity contribution in [1.29, 1.82) is 0 Å². The standard InChI is InChI=1S/C40H66N2O9/c1-7-32(44)29(4)37-33(45)26-39(5,51-37)19-12-13-27(2)36-28(3)16-17-34(40(6,48)20-18-31(43)25-35(46)50-36)49-38(47)42-23-21-41(22-24-42)30-14-10-8-9-11-15-30/h12-13,16-17,19,28-34,36-37,43-45,48H,7-11,14-15,18,20-26H2,1-6H3/b17-16+,19-12+,27-13+. The molecule has 290 valence electrons. The van der Waals surface area contributed by atoms with E-state index < -0.39 is 59.9 Å². The summed E-state index contributed by atoms with van der Waals surface area (Å²) >= 11 is 0. The average Bonchev–Trinajstić information content (AvgIpc) is 3.23. The van der Waals surface area contributed by atoms with Crippen LogP contribution in [0.2, 0.25) is 0 Å². The van der Waals surface area contributed by atoms with Gasteiger partial charge in [0.2, 0.25) is 0 Å². The molecule has 4 N–H and O–H groups in total. The van der Waals surface area contributed by atoms with Gasteiger partial charge in [0.05, 0.1) is 36.4 Å². The number of rotatable bonds is 8. The van der Waals surface area contributed by atoms with Crippen LogP contribution in [0.3, 0.4) is 0 Å². The van der Waals surface area contributed by atoms with Gasteiger partial charge in [-0.1, -0.05) is 70.8 Å². The fourth-order valence-corrected chi connectivity index (χ4v) is 8.15. The summed E-state index contributed by atoms with van der Waals surface area (Å²) in [5.74, 6) is -1.13. The largest absolute Gasteiger partial charge is 0.457 e. The second-order valence-corrected chi connectivity index (χ2v) is 16.2. The monoisotopic (exact) mass is 718 g/mol. The van der Waals surface area contributed by atoms with Crippen LogP contribution in [0.4, 0.5) is 4.79 Å². The van der Waals surface area contributed by atoms with Crippen LogP contribution >= 0.6 is 0 Å². The molecule has 10 unspecified atom stereocenters. The van der Waals surface area contributed by atoms with Gasteiger partial charge >= 0.3 is 12.1 Å². The molecule has 1 amide bonds. The lowest BCUT2D eigenvalue weighted by molar-refractivity contribution is -0.151. The molecule has 2 saturated heterocycles. The molecule has 0 aromatic carbocycles. The van der Waals surface area contributed by atoms with Gasteiger partial charge in [-0.2, -0.15) is 0 Å². The molecule has 1 aliphatic carbocycles. The Hall–Kier alpha value is -2.28. The number of carbonyl (C=O) groups excluding carboxylic acids is 2. The molecular weight excluding hydrogens is 652 g/mol. The van der Waals surface area contributed by atoms with Crippen LogP contribution in [0.1, 0.15) is 112 Å². The van der Waals surface area contributed by atoms with Crippen LogP contribution in [0.25, 0.3) is 0 Å². The van der Waals surface area contributed by atoms with Crippen molar-refractivity contribution in [3.63, 3.8) is 0 Å². The first kappa shape index (κ1) is 41.5. The Morgan fingerprint density at radius 1 is 1.08 bits per heavy atom. The molecule has 0 bridgehead atoms. The summed E-state index contributed by atoms with van der Waals surface area (Å²) in [6.45, 7) is 13.8. The van der Waals surface area contributed by atoms with Gasteiger partial charge in [-0.05, 0) is 64.5 Å². The number of hydrogen-bond acceptors (Lipinski definition) is 10. The first-order valence-electron chi connectivity index (χ1n) is 19.5. The van der Waals surface area contributed by atoms with E-state index in [-0.39, 0.29) is 31.1 Å². The third-order valence-electron chi connectivity index (χ3n) is 11.7. The van der Waals surface area contributed by atoms with Crippen molar-refractivity contribution in [3.05, 3.63) is 36.0 Å². The van der Waals surface area contributed by atoms with E-state index in [2.05, 4.69) is 4.90 Å². The SMILES string of the molecule is CCC(O)C(C)C1OC(C)(/C=C/C=C(\C)C2OC(=O)CC(O)CCC(C)(O)C(OC(=O)N3CCN(C4CCCCCC4)CC3)/C=C/C2C)CC1O. The summed E-state index contributed by atoms with van der Waals surface area (Å²) < 4.78 is 18.2. The number of cyclic esters (lactones) is 1. The lowest BCUT2D eigenvalue weighted by Gasteiger charge is -2.40. The smallest absolute Gasteiger partial charge is 0.410 e. The number of piperazine rings is 1. The van der Waals surface area contributed by atoms with Gasteiger partial charge in [0.15, 0.2) is 6.10 Å². The second kappa shape index (κ2) is 18.7. The first-order chi connectivity index (χ1) is 24.1. The number of hydrogen-bond donors (Lipinski definition) is 4. The third-order valence-corrected chi connectivity index (χ3v) is 11.7. The molecule has 11 heteroatoms. The molecular formula is C40H66N2O9. The predicted molar refractivity (Wildman–Crippen MR) is 196 cm³/mol. The van der Waals surface area contributed by atoms with Crippen molar-refractivity contribution in [1.82, 2.24) is 9.80 Å². The number of ether oxygens (including phenoxy) is 3. The summed E-state index contributed by atoms with van der Waals surface area (Å²) in [6.07, 6.45) is 12.6. The highest BCUT2D eigenvalue weighted by molar-refractivity contribution is 5.70. The van der Waals surface area contributed by atoms with Crippen molar-refractivity contribution in [2.75, 3.05) is 26.2 Å². The van der Waals surface area contributed by atoms with E-state index in [4.69, 9.17) is 14.2 Å². The minimum absolute atomic E-state index is 0.118. The number of carbonyl (C=O) groups is 2. The average molecular weight is 719 g/mol. The summed E-state index contributed by atoms with van der Waals surface area (Å²) in [5.41, 5.74) is -1.49. The maximum Gasteiger partial charge on any atom is 0.410 e. The van der Waals surface area contributed by atoms with Gasteiger partial charge in [0.1, 0.15) is 11.7 Å². The number of esters is 1. The molecule has 11 nitrogen and oxygen atoms in total. The van der Waals surface area contributed by atoms with Gasteiger partial charge in [-0.15, -0.1) is 0 Å². The Morgan fingerprint density at radius 3 is 2.39 bits per heavy atom. The van der Waals surface area contributed by atoms with E-state index in [1.807, 2.05) is 58.9 Å². The molecule has 3 aliphatic heterocycles. The lowest BCUT2D eigenvalue weighted by Crippen LogP contribution is -2.53. The van der Waals surface area contributed by atoms with Crippen LogP contribution in [0.15, 0.2) is 36.0 Å². The lowest BCUT2D eigenvalue weighted by atomic mass is 9.88. The molecule has 0 aromatic rings. The van der Waals surface area contributed by atoms with Crippen LogP contribution in [0.5, 0.6) is 0 Å². The summed E-state index contributed by atoms with van der Waals surface area (Å²) in [7, 11) is 0. The van der Waals surface area contributed by atoms with Crippen molar-refractivity contribution in [2.45, 2.75) is 166 Å². The van der Waals surface area contributed by atoms with Crippen LogP contribution in [-0.2, 0) is 19.0 Å². The van der Waals surface area contributed by atoms with Crippen LogP contribution < -0.4 is 0 Å². The van der Waals surface area contributed by atoms with E-state index in [9.17, 15) is 30.0 Å². The summed E-state index contributed by atoms with van der Waals surface area (Å²) in [4.78, 5) is 30.7. The molecule has 51 heavy (non-hydrogen) atoms. The molecule has 3 fully saturated rings. The fourth-order valence-electron chi connectivity index (χ4n) is 8.15. The molecule has 4 aliphatic rings. The molecule has 0 radical (unpaired) electrons. The summed E-state index contributed by atoms with van der Waals surface area (Å²) in [5, 5.41) is 43.3. The van der Waals surface area contributed by atoms with Gasteiger partial charge < -0.3 is 39.5 Å². The van der Waals surface area contributed by atoms with Crippen LogP contribution in [-0.4, -0.2) is 122 Å². The summed E-state index contributed by atoms with van der Waals surface area (Å²) in [6, 6.07) is 0.581. The Morgan fingerprint density at radius 2 is 1.75 bits per heavy atom. The highest BCUT2D eigenvalue weighted by atomic mass is 16.6. The van der Waals surface area contributed by atoms with E-state index in [0.29, 0.717) is 32.0 Å². The molecule has 4 rings (SSSR count). The number of nitrogens with zero attached hydrogens (tertiary/aromatic N) is 2. The van der Waals surface area contributed by atoms with Crippen molar-refractivity contribution < 1.29 is 44.2 Å². The Kier molecular flexibility index (Phi) is 15.2. The Balaban J connectivity index is 1.46. The van der Waals surface area contributed by atoms with Gasteiger partial charge in [0.25, 0.3) is 0 Å². The third kappa shape index (κ3) is 11.6. The van der Waals surface area contributed by atoms with E-state index >= 15 is 0 Å². The predicted octanol–water partition coefficient (Wildman–Crippen LogP) is 5.05. The Labute approximate surface area is 305 Å². The minimum Gasteiger partial charge on any atom is -0.457 e. The molecule has 3 heterocycles. The van der Waals surface area contributed by atoms with Crippen molar-refractivity contribution in [3.8, 4) is 0 Å². The highest BCUT2D eigenvalue weighted by Crippen LogP contribution is 2.37. The maximum absolute atomic E-state index is 13.5. The van der Waals surface area contributed by atoms with E-state index in [1.54, 1.807) is 17.9 Å². The number of allylic oxidation sites excluding steroid dienone is 2. The minimum atomic E-state index is -1.48. The molecule has 10 atom stereocenters. The number of aliphatic hydroxyl groups is 4. The van der Waals surface area contributed by atoms with Gasteiger partial charge in [-0.3, -0.25) is 9.69 Å². The zero-order chi connectivity index (χ0) is 37.3. The first-order valence-corrected chi connectivity index (χ1v) is 19.5. The zero-order valence-corrected chi connectivity index (χ0v) is 31.9. The van der Waals surface area contributed by atoms with E-state index in [0.717, 1.165) is 18.7 Å². The number of amides is 1. The molecule has 0 aromatic heterocycles. The topological polar surface area (TPSA) is 149 Å². The molecule has 1 saturated carbocycles. The normalized spacial score (nSPS) is 37.6. The van der Waals surface area contributed by atoms with Crippen molar-refractivity contribution >= 4 is 12.1 Å². The second-order valence-electron chi connectivity index (χ2n) is 16.2. The quantitative estimate of drug-likeness (QED) is 0.116. The Bertz CT molecular complexity index is 1220. The van der Waals surface area contributed by atoms with Gasteiger partial charge in [-0.25, -0.2) is 4.79 Å². The molecule has 0 spiro atoms. The maximum atomic E-state index is 13.5. The number of aliphatic hydroxyl groups excluding tert-OH is 3. The van der Waals surface area contributed by atoms with E-state index in [1.165, 1.54) is 38.5 Å². The van der Waals surface area contributed by atoms with Gasteiger partial charge in [0, 0.05) is 50.5 Å².